The lowest BCUT2D eigenvalue weighted by Crippen LogP contribution is -2.59. The second kappa shape index (κ2) is 7.99. The number of amides is 2. The second-order valence-electron chi connectivity index (χ2n) is 6.18. The van der Waals surface area contributed by atoms with E-state index in [9.17, 15) is 14.4 Å². The first kappa shape index (κ1) is 18.0. The van der Waals surface area contributed by atoms with Crippen molar-refractivity contribution in [2.75, 3.05) is 6.54 Å². The van der Waals surface area contributed by atoms with E-state index in [1.807, 2.05) is 6.92 Å². The fraction of sp³-hybridized carbons (Fsp3) is 0.588. The lowest BCUT2D eigenvalue weighted by Gasteiger charge is -2.36. The number of furan rings is 1. The van der Waals surface area contributed by atoms with Gasteiger partial charge in [0.1, 0.15) is 5.54 Å². The summed E-state index contributed by atoms with van der Waals surface area (Å²) in [6.07, 6.45) is 5.76. The highest BCUT2D eigenvalue weighted by Gasteiger charge is 2.41. The van der Waals surface area contributed by atoms with Crippen LogP contribution in [-0.2, 0) is 4.79 Å². The van der Waals surface area contributed by atoms with Crippen LogP contribution in [0.3, 0.4) is 0 Å². The Labute approximate surface area is 140 Å². The molecule has 1 aliphatic rings. The maximum Gasteiger partial charge on any atom is 0.371 e. The van der Waals surface area contributed by atoms with Gasteiger partial charge in [-0.05, 0) is 31.4 Å². The SMILES string of the molecule is CCCCNC(=O)C1(NC(=O)c2ccc(C(=O)O)o2)CCCCC1. The van der Waals surface area contributed by atoms with Gasteiger partial charge in [-0.1, -0.05) is 32.6 Å². The van der Waals surface area contributed by atoms with E-state index in [4.69, 9.17) is 9.52 Å². The van der Waals surface area contributed by atoms with Crippen molar-refractivity contribution >= 4 is 17.8 Å². The molecule has 132 valence electrons. The number of unbranched alkanes of at least 4 members (excludes halogenated alkanes) is 1. The molecule has 0 bridgehead atoms. The third-order valence-electron chi connectivity index (χ3n) is 4.35. The maximum absolute atomic E-state index is 12.6. The molecule has 7 nitrogen and oxygen atoms in total. The first-order chi connectivity index (χ1) is 11.5. The summed E-state index contributed by atoms with van der Waals surface area (Å²) in [5.74, 6) is -2.37. The molecule has 0 aliphatic heterocycles. The van der Waals surface area contributed by atoms with Crippen molar-refractivity contribution < 1.29 is 23.9 Å². The van der Waals surface area contributed by atoms with E-state index >= 15 is 0 Å². The van der Waals surface area contributed by atoms with Gasteiger partial charge in [0.15, 0.2) is 5.76 Å². The average molecular weight is 336 g/mol. The molecule has 1 fully saturated rings. The van der Waals surface area contributed by atoms with Gasteiger partial charge in [0.2, 0.25) is 11.7 Å². The van der Waals surface area contributed by atoms with Crippen molar-refractivity contribution in [2.45, 2.75) is 57.4 Å². The second-order valence-corrected chi connectivity index (χ2v) is 6.18. The van der Waals surface area contributed by atoms with Gasteiger partial charge >= 0.3 is 5.97 Å². The molecule has 0 aromatic carbocycles. The Morgan fingerprint density at radius 2 is 1.83 bits per heavy atom. The van der Waals surface area contributed by atoms with E-state index in [1.165, 1.54) is 12.1 Å². The number of hydrogen-bond donors (Lipinski definition) is 3. The smallest absolute Gasteiger partial charge is 0.371 e. The minimum absolute atomic E-state index is 0.0984. The minimum atomic E-state index is -1.24. The Morgan fingerprint density at radius 1 is 1.17 bits per heavy atom. The van der Waals surface area contributed by atoms with E-state index in [2.05, 4.69) is 10.6 Å². The molecule has 1 aromatic heterocycles. The minimum Gasteiger partial charge on any atom is -0.475 e. The van der Waals surface area contributed by atoms with Gasteiger partial charge in [0.25, 0.3) is 5.91 Å². The molecule has 0 atom stereocenters. The Bertz CT molecular complexity index is 602. The molecule has 0 radical (unpaired) electrons. The van der Waals surface area contributed by atoms with Crippen LogP contribution in [-0.4, -0.2) is 35.0 Å². The molecule has 2 rings (SSSR count). The molecule has 0 spiro atoms. The predicted octanol–water partition coefficient (Wildman–Crippen LogP) is 2.33. The number of aromatic carboxylic acids is 1. The number of carbonyl (C=O) groups is 3. The Balaban J connectivity index is 2.10. The van der Waals surface area contributed by atoms with Gasteiger partial charge < -0.3 is 20.2 Å². The topological polar surface area (TPSA) is 109 Å². The van der Waals surface area contributed by atoms with Crippen molar-refractivity contribution in [1.29, 1.82) is 0 Å². The van der Waals surface area contributed by atoms with E-state index < -0.39 is 17.4 Å². The summed E-state index contributed by atoms with van der Waals surface area (Å²) in [6, 6.07) is 2.54. The van der Waals surface area contributed by atoms with Crippen molar-refractivity contribution in [3.8, 4) is 0 Å². The maximum atomic E-state index is 12.6. The van der Waals surface area contributed by atoms with Gasteiger partial charge in [0.05, 0.1) is 0 Å². The number of carboxylic acid groups (broad SMARTS) is 1. The summed E-state index contributed by atoms with van der Waals surface area (Å²) in [5, 5.41) is 14.6. The number of nitrogens with one attached hydrogen (secondary N) is 2. The molecule has 0 unspecified atom stereocenters. The summed E-state index contributed by atoms with van der Waals surface area (Å²) >= 11 is 0. The fourth-order valence-corrected chi connectivity index (χ4v) is 2.97. The van der Waals surface area contributed by atoms with Crippen molar-refractivity contribution in [1.82, 2.24) is 10.6 Å². The largest absolute Gasteiger partial charge is 0.475 e. The fourth-order valence-electron chi connectivity index (χ4n) is 2.97. The molecular weight excluding hydrogens is 312 g/mol. The molecule has 2 amide bonds. The Morgan fingerprint density at radius 3 is 2.42 bits per heavy atom. The van der Waals surface area contributed by atoms with E-state index in [0.717, 1.165) is 32.1 Å². The molecule has 3 N–H and O–H groups in total. The Hall–Kier alpha value is -2.31. The highest BCUT2D eigenvalue weighted by atomic mass is 16.4. The molecule has 7 heteroatoms. The number of carbonyl (C=O) groups excluding carboxylic acids is 2. The normalized spacial score (nSPS) is 16.4. The molecule has 1 aliphatic carbocycles. The zero-order chi connectivity index (χ0) is 17.6. The number of carboxylic acids is 1. The van der Waals surface area contributed by atoms with Crippen molar-refractivity contribution in [2.24, 2.45) is 0 Å². The molecule has 0 saturated heterocycles. The first-order valence-corrected chi connectivity index (χ1v) is 8.42. The lowest BCUT2D eigenvalue weighted by atomic mass is 9.80. The van der Waals surface area contributed by atoms with Gasteiger partial charge in [-0.15, -0.1) is 0 Å². The van der Waals surface area contributed by atoms with Gasteiger partial charge in [-0.2, -0.15) is 0 Å². The van der Waals surface area contributed by atoms with Crippen LogP contribution in [0.2, 0.25) is 0 Å². The monoisotopic (exact) mass is 336 g/mol. The summed E-state index contributed by atoms with van der Waals surface area (Å²) in [4.78, 5) is 35.9. The molecule has 1 heterocycles. The van der Waals surface area contributed by atoms with Crippen LogP contribution in [0.1, 0.15) is 73.0 Å². The van der Waals surface area contributed by atoms with E-state index in [0.29, 0.717) is 19.4 Å². The van der Waals surface area contributed by atoms with Gasteiger partial charge in [-0.3, -0.25) is 9.59 Å². The predicted molar refractivity (Wildman–Crippen MR) is 86.9 cm³/mol. The van der Waals surface area contributed by atoms with E-state index in [1.54, 1.807) is 0 Å². The first-order valence-electron chi connectivity index (χ1n) is 8.42. The van der Waals surface area contributed by atoms with Crippen LogP contribution >= 0.6 is 0 Å². The zero-order valence-corrected chi connectivity index (χ0v) is 13.9. The van der Waals surface area contributed by atoms with Crippen LogP contribution in [0.5, 0.6) is 0 Å². The standard InChI is InChI=1S/C17H24N2O5/c1-2-3-11-18-16(23)17(9-5-4-6-10-17)19-14(20)12-7-8-13(24-12)15(21)22/h7-8H,2-6,9-11H2,1H3,(H,18,23)(H,19,20)(H,21,22). The van der Waals surface area contributed by atoms with Crippen molar-refractivity contribution in [3.63, 3.8) is 0 Å². The average Bonchev–Trinajstić information content (AvgIpc) is 3.06. The lowest BCUT2D eigenvalue weighted by molar-refractivity contribution is -0.128. The van der Waals surface area contributed by atoms with Crippen LogP contribution < -0.4 is 10.6 Å². The summed E-state index contributed by atoms with van der Waals surface area (Å²) in [7, 11) is 0. The van der Waals surface area contributed by atoms with Crippen LogP contribution in [0.15, 0.2) is 16.5 Å². The van der Waals surface area contributed by atoms with Gasteiger partial charge in [0, 0.05) is 6.54 Å². The van der Waals surface area contributed by atoms with E-state index in [-0.39, 0.29) is 17.4 Å². The summed E-state index contributed by atoms with van der Waals surface area (Å²) < 4.78 is 5.03. The molecule has 1 saturated carbocycles. The van der Waals surface area contributed by atoms with Crippen molar-refractivity contribution in [3.05, 3.63) is 23.7 Å². The third-order valence-corrected chi connectivity index (χ3v) is 4.35. The molecular formula is C17H24N2O5. The Kier molecular flexibility index (Phi) is 6.00. The molecule has 24 heavy (non-hydrogen) atoms. The highest BCUT2D eigenvalue weighted by molar-refractivity contribution is 5.98. The van der Waals surface area contributed by atoms with Crippen LogP contribution in [0, 0.1) is 0 Å². The zero-order valence-electron chi connectivity index (χ0n) is 13.9. The van der Waals surface area contributed by atoms with Crippen LogP contribution in [0.25, 0.3) is 0 Å². The quantitative estimate of drug-likeness (QED) is 0.662. The number of rotatable bonds is 7. The summed E-state index contributed by atoms with van der Waals surface area (Å²) in [5.41, 5.74) is -0.945. The van der Waals surface area contributed by atoms with Crippen LogP contribution in [0.4, 0.5) is 0 Å². The third kappa shape index (κ3) is 4.15. The summed E-state index contributed by atoms with van der Waals surface area (Å²) in [6.45, 7) is 2.62. The molecule has 1 aromatic rings. The number of hydrogen-bond acceptors (Lipinski definition) is 4. The highest BCUT2D eigenvalue weighted by Crippen LogP contribution is 2.29. The van der Waals surface area contributed by atoms with Gasteiger partial charge in [-0.25, -0.2) is 4.79 Å².